The molecule has 2 N–H and O–H groups in total. The van der Waals surface area contributed by atoms with Gasteiger partial charge in [0, 0.05) is 12.8 Å². The van der Waals surface area contributed by atoms with Crippen LogP contribution >= 0.6 is 15.9 Å². The highest BCUT2D eigenvalue weighted by atomic mass is 79.9. The first-order chi connectivity index (χ1) is 8.36. The fourth-order valence-corrected chi connectivity index (χ4v) is 1.46. The lowest BCUT2D eigenvalue weighted by molar-refractivity contribution is -0.144. The Morgan fingerprint density at radius 1 is 1.39 bits per heavy atom. The van der Waals surface area contributed by atoms with E-state index < -0.39 is 23.9 Å². The number of halogens is 1. The van der Waals surface area contributed by atoms with Gasteiger partial charge >= 0.3 is 11.9 Å². The zero-order chi connectivity index (χ0) is 14.1. The fourth-order valence-electron chi connectivity index (χ4n) is 1.14. The van der Waals surface area contributed by atoms with E-state index in [-0.39, 0.29) is 25.9 Å². The van der Waals surface area contributed by atoms with Gasteiger partial charge in [-0.25, -0.2) is 4.79 Å². The van der Waals surface area contributed by atoms with Crippen LogP contribution in [0.5, 0.6) is 0 Å². The highest BCUT2D eigenvalue weighted by Crippen LogP contribution is 2.10. The van der Waals surface area contributed by atoms with E-state index in [9.17, 15) is 14.4 Å². The predicted octanol–water partition coefficient (Wildman–Crippen LogP) is 1.20. The zero-order valence-corrected chi connectivity index (χ0v) is 11.7. The SMILES string of the molecule is C=C(Br)C[C@H](NC(=O)CCC(=O)OCC)C(=O)O. The molecule has 0 saturated heterocycles. The number of carboxylic acid groups (broad SMARTS) is 1. The summed E-state index contributed by atoms with van der Waals surface area (Å²) in [7, 11) is 0. The van der Waals surface area contributed by atoms with E-state index in [1.807, 2.05) is 0 Å². The molecule has 0 fully saturated rings. The Balaban J connectivity index is 4.14. The molecule has 0 aliphatic carbocycles. The van der Waals surface area contributed by atoms with Crippen LogP contribution in [0.4, 0.5) is 0 Å². The Hall–Kier alpha value is -1.37. The molecule has 0 saturated carbocycles. The lowest BCUT2D eigenvalue weighted by atomic mass is 10.2. The van der Waals surface area contributed by atoms with Gasteiger partial charge in [0.25, 0.3) is 0 Å². The third kappa shape index (κ3) is 7.83. The van der Waals surface area contributed by atoms with E-state index in [1.54, 1.807) is 6.92 Å². The minimum Gasteiger partial charge on any atom is -0.480 e. The first-order valence-corrected chi connectivity index (χ1v) is 6.17. The lowest BCUT2D eigenvalue weighted by Crippen LogP contribution is -2.40. The highest BCUT2D eigenvalue weighted by Gasteiger charge is 2.20. The van der Waals surface area contributed by atoms with Gasteiger partial charge in [-0.05, 0) is 11.4 Å². The first-order valence-electron chi connectivity index (χ1n) is 5.37. The van der Waals surface area contributed by atoms with E-state index in [1.165, 1.54) is 0 Å². The Morgan fingerprint density at radius 2 is 2.00 bits per heavy atom. The van der Waals surface area contributed by atoms with Crippen molar-refractivity contribution in [3.63, 3.8) is 0 Å². The molecule has 0 bridgehead atoms. The van der Waals surface area contributed by atoms with Crippen molar-refractivity contribution < 1.29 is 24.2 Å². The second kappa shape index (κ2) is 8.68. The van der Waals surface area contributed by atoms with Crippen LogP contribution < -0.4 is 5.32 Å². The van der Waals surface area contributed by atoms with Gasteiger partial charge in [-0.2, -0.15) is 0 Å². The molecule has 0 aliphatic heterocycles. The highest BCUT2D eigenvalue weighted by molar-refractivity contribution is 9.11. The summed E-state index contributed by atoms with van der Waals surface area (Å²) in [6.45, 7) is 5.43. The van der Waals surface area contributed by atoms with Crippen LogP contribution in [-0.4, -0.2) is 35.6 Å². The summed E-state index contributed by atoms with van der Waals surface area (Å²) in [5.74, 6) is -2.14. The van der Waals surface area contributed by atoms with Crippen molar-refractivity contribution in [1.29, 1.82) is 0 Å². The quantitative estimate of drug-likeness (QED) is 0.655. The number of esters is 1. The van der Waals surface area contributed by atoms with Gasteiger partial charge in [0.1, 0.15) is 6.04 Å². The largest absolute Gasteiger partial charge is 0.480 e. The molecule has 0 spiro atoms. The molecule has 1 atom stereocenters. The zero-order valence-electron chi connectivity index (χ0n) is 10.1. The molecule has 0 aromatic rings. The topological polar surface area (TPSA) is 92.7 Å². The number of amides is 1. The van der Waals surface area contributed by atoms with Crippen molar-refractivity contribution in [2.24, 2.45) is 0 Å². The van der Waals surface area contributed by atoms with Crippen LogP contribution in [0.25, 0.3) is 0 Å². The molecule has 1 amide bonds. The second-order valence-electron chi connectivity index (χ2n) is 3.48. The number of carbonyl (C=O) groups is 3. The predicted molar refractivity (Wildman–Crippen MR) is 68.1 cm³/mol. The number of nitrogens with one attached hydrogen (secondary N) is 1. The molecule has 6 nitrogen and oxygen atoms in total. The number of ether oxygens (including phenoxy) is 1. The summed E-state index contributed by atoms with van der Waals surface area (Å²) in [6, 6.07) is -1.05. The standard InChI is InChI=1S/C11H16BrNO5/c1-3-18-10(15)5-4-9(14)13-8(11(16)17)6-7(2)12/h8H,2-6H2,1H3,(H,13,14)(H,16,17)/t8-/m0/s1. The molecule has 0 aromatic heterocycles. The van der Waals surface area contributed by atoms with Gasteiger partial charge in [0.2, 0.25) is 5.91 Å². The maximum Gasteiger partial charge on any atom is 0.326 e. The Kier molecular flexibility index (Phi) is 8.02. The van der Waals surface area contributed by atoms with Crippen LogP contribution in [0.3, 0.4) is 0 Å². The molecule has 0 radical (unpaired) electrons. The maximum absolute atomic E-state index is 11.4. The molecule has 0 rings (SSSR count). The summed E-state index contributed by atoms with van der Waals surface area (Å²) >= 11 is 3.03. The Morgan fingerprint density at radius 3 is 2.44 bits per heavy atom. The Labute approximate surface area is 114 Å². The summed E-state index contributed by atoms with van der Waals surface area (Å²) < 4.78 is 5.13. The van der Waals surface area contributed by atoms with Crippen molar-refractivity contribution in [3.05, 3.63) is 11.1 Å². The van der Waals surface area contributed by atoms with Gasteiger partial charge in [0.15, 0.2) is 0 Å². The molecule has 0 aromatic carbocycles. The molecule has 18 heavy (non-hydrogen) atoms. The Bertz CT molecular complexity index is 342. The number of rotatable bonds is 8. The minimum absolute atomic E-state index is 0.0682. The van der Waals surface area contributed by atoms with Crippen LogP contribution in [-0.2, 0) is 19.1 Å². The summed E-state index contributed by atoms with van der Waals surface area (Å²) in [5, 5.41) is 11.2. The summed E-state index contributed by atoms with van der Waals surface area (Å²) in [6.07, 6.45) is -0.0842. The van der Waals surface area contributed by atoms with E-state index in [0.29, 0.717) is 4.48 Å². The van der Waals surface area contributed by atoms with Crippen LogP contribution in [0.1, 0.15) is 26.2 Å². The van der Waals surface area contributed by atoms with Crippen molar-refractivity contribution in [1.82, 2.24) is 5.32 Å². The monoisotopic (exact) mass is 321 g/mol. The van der Waals surface area contributed by atoms with Gasteiger partial charge in [-0.3, -0.25) is 9.59 Å². The van der Waals surface area contributed by atoms with Gasteiger partial charge in [0.05, 0.1) is 13.0 Å². The third-order valence-corrected chi connectivity index (χ3v) is 2.24. The third-order valence-electron chi connectivity index (χ3n) is 1.92. The second-order valence-corrected chi connectivity index (χ2v) is 4.61. The summed E-state index contributed by atoms with van der Waals surface area (Å²) in [5.41, 5.74) is 0. The number of aliphatic carboxylic acids is 1. The molecule has 102 valence electrons. The minimum atomic E-state index is -1.15. The first kappa shape index (κ1) is 16.6. The van der Waals surface area contributed by atoms with Crippen LogP contribution in [0, 0.1) is 0 Å². The van der Waals surface area contributed by atoms with Crippen molar-refractivity contribution in [2.45, 2.75) is 32.2 Å². The number of hydrogen-bond donors (Lipinski definition) is 2. The molecule has 0 aliphatic rings. The van der Waals surface area contributed by atoms with Crippen molar-refractivity contribution >= 4 is 33.8 Å². The van der Waals surface area contributed by atoms with Gasteiger partial charge in [-0.1, -0.05) is 22.5 Å². The fraction of sp³-hybridized carbons (Fsp3) is 0.545. The smallest absolute Gasteiger partial charge is 0.326 e. The average Bonchev–Trinajstić information content (AvgIpc) is 2.25. The molecule has 0 heterocycles. The van der Waals surface area contributed by atoms with E-state index >= 15 is 0 Å². The molecular weight excluding hydrogens is 306 g/mol. The van der Waals surface area contributed by atoms with E-state index in [2.05, 4.69) is 32.6 Å². The molecule has 7 heteroatoms. The molecule has 0 unspecified atom stereocenters. The number of carboxylic acids is 1. The van der Waals surface area contributed by atoms with Gasteiger partial charge < -0.3 is 15.2 Å². The maximum atomic E-state index is 11.4. The molecular formula is C11H16BrNO5. The lowest BCUT2D eigenvalue weighted by Gasteiger charge is -2.13. The van der Waals surface area contributed by atoms with E-state index in [0.717, 1.165) is 0 Å². The summed E-state index contributed by atoms with van der Waals surface area (Å²) in [4.78, 5) is 33.3. The van der Waals surface area contributed by atoms with Crippen LogP contribution in [0.15, 0.2) is 11.1 Å². The average molecular weight is 322 g/mol. The van der Waals surface area contributed by atoms with Crippen LogP contribution in [0.2, 0.25) is 0 Å². The van der Waals surface area contributed by atoms with Crippen molar-refractivity contribution in [2.75, 3.05) is 6.61 Å². The number of hydrogen-bond acceptors (Lipinski definition) is 4. The van der Waals surface area contributed by atoms with E-state index in [4.69, 9.17) is 5.11 Å². The number of carbonyl (C=O) groups excluding carboxylic acids is 2. The normalized spacial score (nSPS) is 11.4. The van der Waals surface area contributed by atoms with Crippen molar-refractivity contribution in [3.8, 4) is 0 Å². The van der Waals surface area contributed by atoms with Gasteiger partial charge in [-0.15, -0.1) is 0 Å².